The van der Waals surface area contributed by atoms with Crippen LogP contribution >= 0.6 is 0 Å². The largest absolute Gasteiger partial charge is 0.393 e. The van der Waals surface area contributed by atoms with Gasteiger partial charge in [0.1, 0.15) is 0 Å². The summed E-state index contributed by atoms with van der Waals surface area (Å²) in [6.07, 6.45) is 14.4. The van der Waals surface area contributed by atoms with E-state index >= 15 is 0 Å². The molecule has 5 fully saturated rings. The lowest BCUT2D eigenvalue weighted by Gasteiger charge is -2.63. The van der Waals surface area contributed by atoms with Crippen molar-refractivity contribution in [2.24, 2.45) is 52.3 Å². The lowest BCUT2D eigenvalue weighted by atomic mass is 9.42. The second-order valence-corrected chi connectivity index (χ2v) is 17.2. The van der Waals surface area contributed by atoms with Crippen molar-refractivity contribution in [3.05, 3.63) is 24.3 Å². The minimum atomic E-state index is -3.55. The van der Waals surface area contributed by atoms with Gasteiger partial charge >= 0.3 is 0 Å². The van der Waals surface area contributed by atoms with Gasteiger partial charge in [-0.15, -0.1) is 0 Å². The number of benzene rings is 1. The Labute approximate surface area is 250 Å². The molecular formula is C35H56N2O3S. The highest BCUT2D eigenvalue weighted by Gasteiger charge is 2.62. The van der Waals surface area contributed by atoms with E-state index in [1.54, 1.807) is 6.07 Å². The smallest absolute Gasteiger partial charge is 0.240 e. The highest BCUT2D eigenvalue weighted by Crippen LogP contribution is 2.69. The van der Waals surface area contributed by atoms with E-state index in [1.165, 1.54) is 64.2 Å². The molecule has 230 valence electrons. The van der Waals surface area contributed by atoms with Gasteiger partial charge < -0.3 is 10.0 Å². The first-order valence-corrected chi connectivity index (χ1v) is 18.6. The minimum Gasteiger partial charge on any atom is -0.393 e. The van der Waals surface area contributed by atoms with E-state index in [1.807, 2.05) is 12.1 Å². The van der Waals surface area contributed by atoms with E-state index in [0.29, 0.717) is 40.0 Å². The molecule has 41 heavy (non-hydrogen) atoms. The Morgan fingerprint density at radius 3 is 2.46 bits per heavy atom. The van der Waals surface area contributed by atoms with Crippen LogP contribution in [0.3, 0.4) is 0 Å². The molecule has 0 amide bonds. The van der Waals surface area contributed by atoms with Gasteiger partial charge in [0.05, 0.1) is 11.0 Å². The number of sulfonamides is 1. The molecule has 0 bridgehead atoms. The molecule has 1 aromatic rings. The fourth-order valence-corrected chi connectivity index (χ4v) is 12.6. The van der Waals surface area contributed by atoms with Crippen molar-refractivity contribution < 1.29 is 13.5 Å². The number of hydrogen-bond acceptors (Lipinski definition) is 4. The van der Waals surface area contributed by atoms with Crippen molar-refractivity contribution in [1.29, 1.82) is 0 Å². The average molecular weight is 585 g/mol. The summed E-state index contributed by atoms with van der Waals surface area (Å²) in [5.74, 6) is 4.64. The molecule has 0 radical (unpaired) electrons. The van der Waals surface area contributed by atoms with Gasteiger partial charge in [0, 0.05) is 25.3 Å². The fraction of sp³-hybridized carbons (Fsp3) is 0.829. The number of rotatable bonds is 7. The van der Waals surface area contributed by atoms with Crippen LogP contribution in [0.1, 0.15) is 105 Å². The molecule has 4 saturated carbocycles. The quantitative estimate of drug-likeness (QED) is 0.354. The third-order valence-electron chi connectivity index (χ3n) is 13.5. The summed E-state index contributed by atoms with van der Waals surface area (Å²) in [5.41, 5.74) is 1.71. The molecule has 1 aromatic carbocycles. The van der Waals surface area contributed by atoms with E-state index < -0.39 is 10.0 Å². The lowest BCUT2D eigenvalue weighted by Crippen LogP contribution is -2.57. The molecule has 6 heteroatoms. The molecule has 1 saturated heterocycles. The van der Waals surface area contributed by atoms with E-state index in [0.717, 1.165) is 55.3 Å². The number of aliphatic hydroxyl groups excluding tert-OH is 1. The first kappa shape index (κ1) is 29.9. The zero-order chi connectivity index (χ0) is 29.0. The Bertz CT molecular complexity index is 1180. The third-order valence-corrected chi connectivity index (χ3v) is 15.0. The predicted octanol–water partition coefficient (Wildman–Crippen LogP) is 7.25. The van der Waals surface area contributed by atoms with Crippen LogP contribution in [0.4, 0.5) is 5.69 Å². The summed E-state index contributed by atoms with van der Waals surface area (Å²) in [6.45, 7) is 12.4. The Morgan fingerprint density at radius 1 is 0.976 bits per heavy atom. The first-order valence-electron chi connectivity index (χ1n) is 17.1. The molecule has 0 unspecified atom stereocenters. The van der Waals surface area contributed by atoms with Crippen LogP contribution in [0.15, 0.2) is 29.2 Å². The number of aliphatic hydroxyl groups is 1. The number of nitrogens with one attached hydrogen (secondary N) is 1. The van der Waals surface area contributed by atoms with E-state index in [9.17, 15) is 13.5 Å². The van der Waals surface area contributed by atoms with Crippen molar-refractivity contribution in [1.82, 2.24) is 4.72 Å². The molecule has 5 aliphatic rings. The second kappa shape index (κ2) is 11.4. The maximum Gasteiger partial charge on any atom is 0.240 e. The number of nitrogens with zero attached hydrogens (tertiary/aromatic N) is 1. The summed E-state index contributed by atoms with van der Waals surface area (Å²) >= 11 is 0. The third kappa shape index (κ3) is 5.30. The van der Waals surface area contributed by atoms with Crippen molar-refractivity contribution in [2.45, 2.75) is 116 Å². The van der Waals surface area contributed by atoms with Crippen LogP contribution in [0.5, 0.6) is 0 Å². The standard InChI is InChI=1S/C35H56N2O3S/c1-5-25-20-29-31-13-12-30(34(31,3)17-15-32(29)35(4)16-14-27(38)22-33(25)35)24(2)23-36-41(39,40)28-11-9-10-26(21-28)37-18-7-6-8-19-37/h9-11,21,24-25,27,29-33,36,38H,5-8,12-20,22-23H2,1-4H3/t24-,25+,27-,29+,30-,31+,32+,33+,34-,35-/m1/s1. The Kier molecular flexibility index (Phi) is 8.35. The monoisotopic (exact) mass is 584 g/mol. The maximum atomic E-state index is 13.5. The van der Waals surface area contributed by atoms with Gasteiger partial charge in [-0.25, -0.2) is 13.1 Å². The summed E-state index contributed by atoms with van der Waals surface area (Å²) in [7, 11) is -3.55. The number of fused-ring (bicyclic) bond motifs is 5. The van der Waals surface area contributed by atoms with Crippen molar-refractivity contribution in [2.75, 3.05) is 24.5 Å². The van der Waals surface area contributed by atoms with Crippen molar-refractivity contribution >= 4 is 15.7 Å². The second-order valence-electron chi connectivity index (χ2n) is 15.4. The first-order chi connectivity index (χ1) is 19.6. The van der Waals surface area contributed by atoms with Crippen molar-refractivity contribution in [3.8, 4) is 0 Å². The molecule has 4 aliphatic carbocycles. The van der Waals surface area contributed by atoms with Crippen molar-refractivity contribution in [3.63, 3.8) is 0 Å². The van der Waals surface area contributed by atoms with Gasteiger partial charge in [0.25, 0.3) is 0 Å². The van der Waals surface area contributed by atoms with E-state index in [4.69, 9.17) is 0 Å². The highest BCUT2D eigenvalue weighted by atomic mass is 32.2. The minimum absolute atomic E-state index is 0.0970. The maximum absolute atomic E-state index is 13.5. The summed E-state index contributed by atoms with van der Waals surface area (Å²) in [5, 5.41) is 10.6. The normalized spacial score (nSPS) is 41.8. The van der Waals surface area contributed by atoms with Crippen LogP contribution in [-0.4, -0.2) is 39.3 Å². The van der Waals surface area contributed by atoms with Crippen LogP contribution in [0.25, 0.3) is 0 Å². The molecule has 10 atom stereocenters. The van der Waals surface area contributed by atoms with E-state index in [2.05, 4.69) is 43.4 Å². The Hall–Kier alpha value is -1.11. The lowest BCUT2D eigenvalue weighted by molar-refractivity contribution is -0.152. The van der Waals surface area contributed by atoms with Crippen LogP contribution in [0, 0.1) is 52.3 Å². The van der Waals surface area contributed by atoms with Gasteiger partial charge in [-0.3, -0.25) is 0 Å². The fourth-order valence-electron chi connectivity index (χ4n) is 11.4. The van der Waals surface area contributed by atoms with Gasteiger partial charge in [0.15, 0.2) is 0 Å². The average Bonchev–Trinajstić information content (AvgIpc) is 3.34. The van der Waals surface area contributed by atoms with Gasteiger partial charge in [-0.2, -0.15) is 0 Å². The molecule has 0 spiro atoms. The van der Waals surface area contributed by atoms with E-state index in [-0.39, 0.29) is 6.10 Å². The van der Waals surface area contributed by atoms with Crippen LogP contribution in [0.2, 0.25) is 0 Å². The highest BCUT2D eigenvalue weighted by molar-refractivity contribution is 7.89. The number of piperidine rings is 1. The SMILES string of the molecule is CC[C@H]1C[C@@H]2[C@H](CC[C@]3(C)[C@@H]([C@H](C)CNS(=O)(=O)c4cccc(N5CCCCC5)c4)CC[C@@H]23)[C@@]2(C)CC[C@@H](O)C[C@@H]12. The van der Waals surface area contributed by atoms with Gasteiger partial charge in [0.2, 0.25) is 10.0 Å². The molecule has 6 rings (SSSR count). The molecule has 1 heterocycles. The topological polar surface area (TPSA) is 69.6 Å². The summed E-state index contributed by atoms with van der Waals surface area (Å²) < 4.78 is 29.9. The zero-order valence-corrected chi connectivity index (χ0v) is 27.0. The summed E-state index contributed by atoms with van der Waals surface area (Å²) in [4.78, 5) is 2.73. The Balaban J connectivity index is 1.14. The molecule has 5 nitrogen and oxygen atoms in total. The Morgan fingerprint density at radius 2 is 1.71 bits per heavy atom. The number of hydrogen-bond donors (Lipinski definition) is 2. The van der Waals surface area contributed by atoms with Gasteiger partial charge in [-0.05, 0) is 141 Å². The van der Waals surface area contributed by atoms with Crippen LogP contribution < -0.4 is 9.62 Å². The predicted molar refractivity (Wildman–Crippen MR) is 167 cm³/mol. The summed E-state index contributed by atoms with van der Waals surface area (Å²) in [6, 6.07) is 7.57. The molecule has 0 aromatic heterocycles. The molecular weight excluding hydrogens is 528 g/mol. The van der Waals surface area contributed by atoms with Gasteiger partial charge in [-0.1, -0.05) is 40.2 Å². The molecule has 2 N–H and O–H groups in total. The molecule has 1 aliphatic heterocycles. The van der Waals surface area contributed by atoms with Crippen LogP contribution in [-0.2, 0) is 10.0 Å². The number of anilines is 1. The zero-order valence-electron chi connectivity index (χ0n) is 26.2.